The van der Waals surface area contributed by atoms with E-state index in [2.05, 4.69) is 5.32 Å². The van der Waals surface area contributed by atoms with Crippen molar-refractivity contribution in [3.05, 3.63) is 23.8 Å². The first-order chi connectivity index (χ1) is 12.0. The molecule has 0 radical (unpaired) electrons. The van der Waals surface area contributed by atoms with Crippen molar-refractivity contribution in [2.75, 3.05) is 40.0 Å². The Bertz CT molecular complexity index is 684. The highest BCUT2D eigenvalue weighted by atomic mass is 32.2. The first-order valence-corrected chi connectivity index (χ1v) is 9.99. The average molecular weight is 370 g/mol. The quantitative estimate of drug-likeness (QED) is 0.668. The van der Waals surface area contributed by atoms with Crippen molar-refractivity contribution in [2.24, 2.45) is 0 Å². The SMILES string of the molecule is CCOc1ccc(C(=O)NCCCOC)cc1S(=O)(=O)N1CCCC1. The number of hydrogen-bond acceptors (Lipinski definition) is 5. The van der Waals surface area contributed by atoms with Gasteiger partial charge in [0, 0.05) is 38.9 Å². The summed E-state index contributed by atoms with van der Waals surface area (Å²) in [6, 6.07) is 4.54. The molecule has 0 saturated carbocycles. The van der Waals surface area contributed by atoms with E-state index in [9.17, 15) is 13.2 Å². The Morgan fingerprint density at radius 2 is 2.00 bits per heavy atom. The zero-order valence-electron chi connectivity index (χ0n) is 14.8. The van der Waals surface area contributed by atoms with Gasteiger partial charge in [0.15, 0.2) is 0 Å². The summed E-state index contributed by atoms with van der Waals surface area (Å²) in [5.41, 5.74) is 0.304. The van der Waals surface area contributed by atoms with Gasteiger partial charge in [-0.3, -0.25) is 4.79 Å². The fourth-order valence-electron chi connectivity index (χ4n) is 2.71. The molecule has 0 atom stereocenters. The molecule has 0 unspecified atom stereocenters. The fourth-order valence-corrected chi connectivity index (χ4v) is 4.39. The number of carbonyl (C=O) groups excluding carboxylic acids is 1. The fraction of sp³-hybridized carbons (Fsp3) is 0.588. The smallest absolute Gasteiger partial charge is 0.251 e. The Kier molecular flexibility index (Phi) is 7.22. The van der Waals surface area contributed by atoms with Gasteiger partial charge in [-0.25, -0.2) is 8.42 Å². The number of nitrogens with one attached hydrogen (secondary N) is 1. The first-order valence-electron chi connectivity index (χ1n) is 8.55. The number of rotatable bonds is 9. The van der Waals surface area contributed by atoms with Crippen LogP contribution < -0.4 is 10.1 Å². The average Bonchev–Trinajstić information content (AvgIpc) is 3.14. The van der Waals surface area contributed by atoms with Gasteiger partial charge in [0.05, 0.1) is 6.61 Å². The molecule has 140 valence electrons. The molecule has 7 nitrogen and oxygen atoms in total. The van der Waals surface area contributed by atoms with E-state index in [-0.39, 0.29) is 16.6 Å². The molecule has 8 heteroatoms. The third-order valence-corrected chi connectivity index (χ3v) is 5.92. The molecule has 25 heavy (non-hydrogen) atoms. The number of methoxy groups -OCH3 is 1. The van der Waals surface area contributed by atoms with Gasteiger partial charge in [-0.2, -0.15) is 4.31 Å². The number of carbonyl (C=O) groups is 1. The minimum absolute atomic E-state index is 0.0563. The van der Waals surface area contributed by atoms with Crippen LogP contribution in [0.4, 0.5) is 0 Å². The number of benzene rings is 1. The maximum atomic E-state index is 12.9. The maximum absolute atomic E-state index is 12.9. The topological polar surface area (TPSA) is 84.9 Å². The van der Waals surface area contributed by atoms with Crippen molar-refractivity contribution in [3.8, 4) is 5.75 Å². The lowest BCUT2D eigenvalue weighted by Gasteiger charge is -2.19. The highest BCUT2D eigenvalue weighted by Gasteiger charge is 2.30. The predicted octanol–water partition coefficient (Wildman–Crippen LogP) is 1.64. The molecule has 1 aromatic rings. The van der Waals surface area contributed by atoms with Crippen molar-refractivity contribution in [1.29, 1.82) is 0 Å². The summed E-state index contributed by atoms with van der Waals surface area (Å²) < 4.78 is 37.7. The van der Waals surface area contributed by atoms with E-state index in [0.29, 0.717) is 44.8 Å². The van der Waals surface area contributed by atoms with Gasteiger partial charge < -0.3 is 14.8 Å². The van der Waals surface area contributed by atoms with Gasteiger partial charge >= 0.3 is 0 Å². The van der Waals surface area contributed by atoms with Gasteiger partial charge in [-0.15, -0.1) is 0 Å². The molecule has 1 aromatic carbocycles. The van der Waals surface area contributed by atoms with Crippen LogP contribution in [-0.4, -0.2) is 58.6 Å². The summed E-state index contributed by atoms with van der Waals surface area (Å²) in [4.78, 5) is 12.3. The number of ether oxygens (including phenoxy) is 2. The van der Waals surface area contributed by atoms with Crippen molar-refractivity contribution >= 4 is 15.9 Å². The highest BCUT2D eigenvalue weighted by molar-refractivity contribution is 7.89. The monoisotopic (exact) mass is 370 g/mol. The minimum atomic E-state index is -3.67. The predicted molar refractivity (Wildman–Crippen MR) is 94.4 cm³/mol. The largest absolute Gasteiger partial charge is 0.492 e. The van der Waals surface area contributed by atoms with Crippen molar-refractivity contribution in [3.63, 3.8) is 0 Å². The molecule has 0 spiro atoms. The zero-order valence-corrected chi connectivity index (χ0v) is 15.6. The number of amides is 1. The molecule has 1 amide bonds. The zero-order chi connectivity index (χ0) is 18.3. The van der Waals surface area contributed by atoms with Gasteiger partial charge in [0.2, 0.25) is 10.0 Å². The Balaban J connectivity index is 2.25. The van der Waals surface area contributed by atoms with Crippen molar-refractivity contribution in [1.82, 2.24) is 9.62 Å². The molecule has 1 heterocycles. The van der Waals surface area contributed by atoms with Gasteiger partial charge in [0.25, 0.3) is 5.91 Å². The number of nitrogens with zero attached hydrogens (tertiary/aromatic N) is 1. The summed E-state index contributed by atoms with van der Waals surface area (Å²) >= 11 is 0. The van der Waals surface area contributed by atoms with E-state index in [1.54, 1.807) is 26.2 Å². The van der Waals surface area contributed by atoms with Gasteiger partial charge in [-0.05, 0) is 44.4 Å². The maximum Gasteiger partial charge on any atom is 0.251 e. The van der Waals surface area contributed by atoms with Crippen molar-refractivity contribution < 1.29 is 22.7 Å². The van der Waals surface area contributed by atoms with Crippen LogP contribution in [0.2, 0.25) is 0 Å². The Morgan fingerprint density at radius 3 is 2.64 bits per heavy atom. The highest BCUT2D eigenvalue weighted by Crippen LogP contribution is 2.30. The molecular formula is C17H26N2O5S. The number of sulfonamides is 1. The van der Waals surface area contributed by atoms with Crippen LogP contribution in [0.5, 0.6) is 5.75 Å². The van der Waals surface area contributed by atoms with Gasteiger partial charge in [-0.1, -0.05) is 0 Å². The molecule has 1 N–H and O–H groups in total. The summed E-state index contributed by atoms with van der Waals surface area (Å²) in [7, 11) is -2.07. The van der Waals surface area contributed by atoms with Crippen LogP contribution in [-0.2, 0) is 14.8 Å². The molecule has 2 rings (SSSR count). The van der Waals surface area contributed by atoms with Crippen LogP contribution in [0.1, 0.15) is 36.5 Å². The lowest BCUT2D eigenvalue weighted by molar-refractivity contribution is 0.0948. The standard InChI is InChI=1S/C17H26N2O5S/c1-3-24-15-8-7-14(17(20)18-9-6-12-23-2)13-16(15)25(21,22)19-10-4-5-11-19/h7-8,13H,3-6,9-12H2,1-2H3,(H,18,20). The molecule has 1 aliphatic rings. The molecule has 1 aliphatic heterocycles. The molecule has 0 aromatic heterocycles. The molecule has 0 bridgehead atoms. The second-order valence-electron chi connectivity index (χ2n) is 5.81. The van der Waals surface area contributed by atoms with Crippen LogP contribution in [0, 0.1) is 0 Å². The first kappa shape index (κ1) is 19.7. The molecule has 1 saturated heterocycles. The Labute approximate surface area is 149 Å². The van der Waals surface area contributed by atoms with Crippen LogP contribution in [0.15, 0.2) is 23.1 Å². The lowest BCUT2D eigenvalue weighted by Crippen LogP contribution is -2.29. The second kappa shape index (κ2) is 9.17. The summed E-state index contributed by atoms with van der Waals surface area (Å²) in [5.74, 6) is -0.0256. The van der Waals surface area contributed by atoms with Crippen LogP contribution >= 0.6 is 0 Å². The summed E-state index contributed by atoms with van der Waals surface area (Å²) in [5, 5.41) is 2.77. The summed E-state index contributed by atoms with van der Waals surface area (Å²) in [6.45, 7) is 4.17. The van der Waals surface area contributed by atoms with Crippen molar-refractivity contribution in [2.45, 2.75) is 31.1 Å². The number of hydrogen-bond donors (Lipinski definition) is 1. The molecule has 1 fully saturated rings. The van der Waals surface area contributed by atoms with Crippen LogP contribution in [0.25, 0.3) is 0 Å². The Hall–Kier alpha value is -1.64. The van der Waals surface area contributed by atoms with Gasteiger partial charge in [0.1, 0.15) is 10.6 Å². The van der Waals surface area contributed by atoms with E-state index >= 15 is 0 Å². The van der Waals surface area contributed by atoms with E-state index in [0.717, 1.165) is 12.8 Å². The third-order valence-electron chi connectivity index (χ3n) is 4.00. The Morgan fingerprint density at radius 1 is 1.28 bits per heavy atom. The van der Waals surface area contributed by atoms with E-state index in [1.807, 2.05) is 0 Å². The minimum Gasteiger partial charge on any atom is -0.492 e. The van der Waals surface area contributed by atoms with E-state index in [1.165, 1.54) is 10.4 Å². The summed E-state index contributed by atoms with van der Waals surface area (Å²) in [6.07, 6.45) is 2.39. The normalized spacial score (nSPS) is 15.3. The molecule has 0 aliphatic carbocycles. The van der Waals surface area contributed by atoms with E-state index in [4.69, 9.17) is 9.47 Å². The lowest BCUT2D eigenvalue weighted by atomic mass is 10.2. The van der Waals surface area contributed by atoms with Crippen LogP contribution in [0.3, 0.4) is 0 Å². The van der Waals surface area contributed by atoms with E-state index < -0.39 is 10.0 Å². The molecular weight excluding hydrogens is 344 g/mol. The second-order valence-corrected chi connectivity index (χ2v) is 7.71. The third kappa shape index (κ3) is 4.93.